The summed E-state index contributed by atoms with van der Waals surface area (Å²) < 4.78 is 13.8. The van der Waals surface area contributed by atoms with E-state index < -0.39 is 0 Å². The van der Waals surface area contributed by atoms with Gasteiger partial charge in [0.2, 0.25) is 5.89 Å². The third-order valence-corrected chi connectivity index (χ3v) is 6.92. The molecule has 1 N–H and O–H groups in total. The molecular weight excluding hydrogens is 572 g/mol. The lowest BCUT2D eigenvalue weighted by Crippen LogP contribution is -2.10. The van der Waals surface area contributed by atoms with Crippen LogP contribution in [0.1, 0.15) is 10.6 Å². The molecule has 2 aromatic heterocycles. The topological polar surface area (TPSA) is 68.3 Å². The number of carbonyl (C=O) groups is 1. The smallest absolute Gasteiger partial charge is 0.291 e. The molecule has 0 radical (unpaired) electrons. The zero-order valence-corrected chi connectivity index (χ0v) is 21.3. The van der Waals surface area contributed by atoms with Gasteiger partial charge in [-0.25, -0.2) is 4.98 Å². The number of anilines is 1. The van der Waals surface area contributed by atoms with E-state index >= 15 is 0 Å². The summed E-state index contributed by atoms with van der Waals surface area (Å²) in [6, 6.07) is 28.6. The summed E-state index contributed by atoms with van der Waals surface area (Å²) >= 11 is 7.03. The normalized spacial score (nSPS) is 11.3. The molecule has 0 aliphatic carbocycles. The van der Waals surface area contributed by atoms with E-state index in [1.165, 1.54) is 0 Å². The summed E-state index contributed by atoms with van der Waals surface area (Å²) in [6.45, 7) is 0. The summed E-state index contributed by atoms with van der Waals surface area (Å²) in [5.74, 6) is 1.04. The molecule has 6 rings (SSSR count). The van der Waals surface area contributed by atoms with Crippen molar-refractivity contribution >= 4 is 65.3 Å². The summed E-state index contributed by atoms with van der Waals surface area (Å²) in [5.41, 5.74) is 3.69. The molecule has 7 heteroatoms. The van der Waals surface area contributed by atoms with E-state index in [0.29, 0.717) is 28.4 Å². The Labute approximate surface area is 217 Å². The maximum atomic E-state index is 12.8. The number of rotatable bonds is 4. The van der Waals surface area contributed by atoms with Crippen molar-refractivity contribution in [3.05, 3.63) is 106 Å². The maximum Gasteiger partial charge on any atom is 0.291 e. The van der Waals surface area contributed by atoms with Crippen LogP contribution in [0.25, 0.3) is 44.7 Å². The number of halogens is 2. The standard InChI is InChI=1S/C28H16Br2N2O3/c29-17-9-7-16(8-10-17)24-13-14-26(34-24)27(33)31-18-11-12-25-23(15-18)32-28(35-25)21-5-1-4-20-19(21)3-2-6-22(20)30/h1-15H,(H,31,33). The van der Waals surface area contributed by atoms with E-state index in [0.717, 1.165) is 30.8 Å². The van der Waals surface area contributed by atoms with Crippen molar-refractivity contribution in [1.82, 2.24) is 4.98 Å². The number of furan rings is 1. The Bertz CT molecular complexity index is 1720. The number of nitrogens with one attached hydrogen (secondary N) is 1. The SMILES string of the molecule is O=C(Nc1ccc2oc(-c3cccc4c(Br)cccc34)nc2c1)c1ccc(-c2ccc(Br)cc2)o1. The Morgan fingerprint density at radius 3 is 2.46 bits per heavy atom. The van der Waals surface area contributed by atoms with E-state index in [-0.39, 0.29) is 11.7 Å². The second-order valence-corrected chi connectivity index (χ2v) is 9.74. The van der Waals surface area contributed by atoms with E-state index in [2.05, 4.69) is 43.2 Å². The largest absolute Gasteiger partial charge is 0.451 e. The van der Waals surface area contributed by atoms with Crippen LogP contribution >= 0.6 is 31.9 Å². The van der Waals surface area contributed by atoms with E-state index in [1.807, 2.05) is 54.6 Å². The lowest BCUT2D eigenvalue weighted by atomic mass is 10.0. The predicted octanol–water partition coefficient (Wildman–Crippen LogP) is 8.69. The number of nitrogens with zero attached hydrogens (tertiary/aromatic N) is 1. The highest BCUT2D eigenvalue weighted by Gasteiger charge is 2.15. The molecular formula is C28H16Br2N2O3. The Kier molecular flexibility index (Phi) is 5.51. The lowest BCUT2D eigenvalue weighted by Gasteiger charge is -2.04. The van der Waals surface area contributed by atoms with Gasteiger partial charge in [-0.05, 0) is 65.4 Å². The number of hydrogen-bond acceptors (Lipinski definition) is 4. The number of amides is 1. The molecule has 0 unspecified atom stereocenters. The molecule has 0 atom stereocenters. The van der Waals surface area contributed by atoms with Crippen molar-refractivity contribution in [2.24, 2.45) is 0 Å². The van der Waals surface area contributed by atoms with Gasteiger partial charge in [0.25, 0.3) is 5.91 Å². The molecule has 170 valence electrons. The van der Waals surface area contributed by atoms with Gasteiger partial charge in [0, 0.05) is 25.8 Å². The molecule has 0 spiro atoms. The van der Waals surface area contributed by atoms with Gasteiger partial charge in [-0.3, -0.25) is 4.79 Å². The highest BCUT2D eigenvalue weighted by Crippen LogP contribution is 2.34. The highest BCUT2D eigenvalue weighted by atomic mass is 79.9. The first-order chi connectivity index (χ1) is 17.0. The molecule has 35 heavy (non-hydrogen) atoms. The predicted molar refractivity (Wildman–Crippen MR) is 144 cm³/mol. The summed E-state index contributed by atoms with van der Waals surface area (Å²) in [6.07, 6.45) is 0. The minimum absolute atomic E-state index is 0.227. The fraction of sp³-hybridized carbons (Fsp3) is 0. The van der Waals surface area contributed by atoms with Crippen molar-refractivity contribution in [2.75, 3.05) is 5.32 Å². The number of benzene rings is 4. The first-order valence-corrected chi connectivity index (χ1v) is 12.4. The van der Waals surface area contributed by atoms with Crippen LogP contribution in [-0.2, 0) is 0 Å². The van der Waals surface area contributed by atoms with Gasteiger partial charge in [-0.15, -0.1) is 0 Å². The van der Waals surface area contributed by atoms with Gasteiger partial charge >= 0.3 is 0 Å². The van der Waals surface area contributed by atoms with Crippen LogP contribution in [0.2, 0.25) is 0 Å². The van der Waals surface area contributed by atoms with Gasteiger partial charge in [0.1, 0.15) is 11.3 Å². The van der Waals surface area contributed by atoms with Crippen LogP contribution in [0.5, 0.6) is 0 Å². The summed E-state index contributed by atoms with van der Waals surface area (Å²) in [4.78, 5) is 17.5. The molecule has 2 heterocycles. The average molecular weight is 588 g/mol. The molecule has 0 saturated carbocycles. The van der Waals surface area contributed by atoms with Crippen LogP contribution in [0, 0.1) is 0 Å². The average Bonchev–Trinajstić information content (AvgIpc) is 3.52. The monoisotopic (exact) mass is 586 g/mol. The second-order valence-electron chi connectivity index (χ2n) is 7.97. The van der Waals surface area contributed by atoms with E-state index in [9.17, 15) is 4.79 Å². The molecule has 0 aliphatic rings. The molecule has 1 amide bonds. The second kappa shape index (κ2) is 8.83. The van der Waals surface area contributed by atoms with Crippen LogP contribution in [-0.4, -0.2) is 10.9 Å². The van der Waals surface area contributed by atoms with Crippen LogP contribution < -0.4 is 5.32 Å². The number of hydrogen-bond donors (Lipinski definition) is 1. The molecule has 0 fully saturated rings. The van der Waals surface area contributed by atoms with E-state index in [1.54, 1.807) is 30.3 Å². The van der Waals surface area contributed by atoms with Gasteiger partial charge in [-0.2, -0.15) is 0 Å². The zero-order valence-electron chi connectivity index (χ0n) is 18.1. The van der Waals surface area contributed by atoms with Gasteiger partial charge in [0.15, 0.2) is 11.3 Å². The Balaban J connectivity index is 1.27. The van der Waals surface area contributed by atoms with Crippen LogP contribution in [0.4, 0.5) is 5.69 Å². The van der Waals surface area contributed by atoms with Crippen molar-refractivity contribution in [3.63, 3.8) is 0 Å². The Morgan fingerprint density at radius 2 is 1.60 bits per heavy atom. The summed E-state index contributed by atoms with van der Waals surface area (Å²) in [7, 11) is 0. The Hall–Kier alpha value is -3.68. The van der Waals surface area contributed by atoms with Crippen molar-refractivity contribution < 1.29 is 13.6 Å². The quantitative estimate of drug-likeness (QED) is 0.224. The van der Waals surface area contributed by atoms with Gasteiger partial charge < -0.3 is 14.2 Å². The fourth-order valence-corrected chi connectivity index (χ4v) is 4.76. The first kappa shape index (κ1) is 21.8. The van der Waals surface area contributed by atoms with Crippen LogP contribution in [0.3, 0.4) is 0 Å². The molecule has 0 aliphatic heterocycles. The van der Waals surface area contributed by atoms with Crippen molar-refractivity contribution in [2.45, 2.75) is 0 Å². The fourth-order valence-electron chi connectivity index (χ4n) is 4.00. The first-order valence-electron chi connectivity index (χ1n) is 10.8. The zero-order chi connectivity index (χ0) is 23.9. The van der Waals surface area contributed by atoms with Gasteiger partial charge in [0.05, 0.1) is 0 Å². The maximum absolute atomic E-state index is 12.8. The van der Waals surface area contributed by atoms with Crippen molar-refractivity contribution in [3.8, 4) is 22.8 Å². The lowest BCUT2D eigenvalue weighted by molar-refractivity contribution is 0.0997. The molecule has 4 aromatic carbocycles. The molecule has 6 aromatic rings. The number of carbonyl (C=O) groups excluding carboxylic acids is 1. The minimum atomic E-state index is -0.338. The van der Waals surface area contributed by atoms with Gasteiger partial charge in [-0.1, -0.05) is 68.3 Å². The number of fused-ring (bicyclic) bond motifs is 2. The van der Waals surface area contributed by atoms with Crippen molar-refractivity contribution in [1.29, 1.82) is 0 Å². The number of aromatic nitrogens is 1. The van der Waals surface area contributed by atoms with Crippen LogP contribution in [0.15, 0.2) is 109 Å². The Morgan fingerprint density at radius 1 is 0.800 bits per heavy atom. The number of oxazole rings is 1. The van der Waals surface area contributed by atoms with E-state index in [4.69, 9.17) is 13.8 Å². The minimum Gasteiger partial charge on any atom is -0.451 e. The third-order valence-electron chi connectivity index (χ3n) is 5.70. The summed E-state index contributed by atoms with van der Waals surface area (Å²) in [5, 5.41) is 5.01. The molecule has 0 saturated heterocycles. The molecule has 5 nitrogen and oxygen atoms in total. The third kappa shape index (κ3) is 4.17. The highest BCUT2D eigenvalue weighted by molar-refractivity contribution is 9.11. The molecule has 0 bridgehead atoms.